The Labute approximate surface area is 130 Å². The largest absolute Gasteiger partial charge is 0.341 e. The van der Waals surface area contributed by atoms with Crippen LogP contribution in [0, 0.1) is 13.8 Å². The Bertz CT molecular complexity index is 681. The molecule has 0 bridgehead atoms. The molecule has 0 aliphatic heterocycles. The van der Waals surface area contributed by atoms with Gasteiger partial charge in [-0.2, -0.15) is 0 Å². The van der Waals surface area contributed by atoms with Crippen LogP contribution in [0.15, 0.2) is 48.5 Å². The van der Waals surface area contributed by atoms with Gasteiger partial charge in [0.05, 0.1) is 0 Å². The van der Waals surface area contributed by atoms with E-state index in [1.165, 1.54) is 0 Å². The van der Waals surface area contributed by atoms with Gasteiger partial charge in [0.1, 0.15) is 6.04 Å². The summed E-state index contributed by atoms with van der Waals surface area (Å²) in [6, 6.07) is 14.0. The third-order valence-corrected chi connectivity index (χ3v) is 3.64. The first-order valence-electron chi connectivity index (χ1n) is 7.22. The number of anilines is 1. The lowest BCUT2D eigenvalue weighted by Gasteiger charge is -2.16. The highest BCUT2D eigenvalue weighted by Crippen LogP contribution is 2.18. The van der Waals surface area contributed by atoms with Crippen molar-refractivity contribution in [1.29, 1.82) is 0 Å². The Hall–Kier alpha value is -2.62. The Morgan fingerprint density at radius 3 is 2.32 bits per heavy atom. The Kier molecular flexibility index (Phi) is 4.94. The fourth-order valence-electron chi connectivity index (χ4n) is 2.06. The van der Waals surface area contributed by atoms with Crippen LogP contribution in [0.5, 0.6) is 0 Å². The summed E-state index contributed by atoms with van der Waals surface area (Å²) in [5.41, 5.74) is 3.44. The van der Waals surface area contributed by atoms with Crippen LogP contribution < -0.4 is 10.6 Å². The summed E-state index contributed by atoms with van der Waals surface area (Å²) in [6.45, 7) is 5.62. The molecule has 114 valence electrons. The van der Waals surface area contributed by atoms with Gasteiger partial charge in [-0.3, -0.25) is 9.59 Å². The Balaban J connectivity index is 2.01. The summed E-state index contributed by atoms with van der Waals surface area (Å²) in [5.74, 6) is -0.498. The monoisotopic (exact) mass is 296 g/mol. The van der Waals surface area contributed by atoms with E-state index in [9.17, 15) is 9.59 Å². The van der Waals surface area contributed by atoms with Gasteiger partial charge in [0.2, 0.25) is 5.91 Å². The van der Waals surface area contributed by atoms with Gasteiger partial charge in [0, 0.05) is 11.3 Å². The van der Waals surface area contributed by atoms with Gasteiger partial charge in [-0.05, 0) is 50.1 Å². The number of hydrogen-bond donors (Lipinski definition) is 2. The summed E-state index contributed by atoms with van der Waals surface area (Å²) in [4.78, 5) is 24.3. The first-order chi connectivity index (χ1) is 10.5. The highest BCUT2D eigenvalue weighted by molar-refractivity contribution is 6.01. The first-order valence-corrected chi connectivity index (χ1v) is 7.22. The molecule has 0 fully saturated rings. The van der Waals surface area contributed by atoms with E-state index >= 15 is 0 Å². The van der Waals surface area contributed by atoms with Gasteiger partial charge in [-0.1, -0.05) is 30.3 Å². The number of rotatable bonds is 4. The predicted molar refractivity (Wildman–Crippen MR) is 87.9 cm³/mol. The number of aryl methyl sites for hydroxylation is 1. The number of nitrogens with one attached hydrogen (secondary N) is 2. The van der Waals surface area contributed by atoms with Crippen LogP contribution in [0.3, 0.4) is 0 Å². The van der Waals surface area contributed by atoms with E-state index in [0.29, 0.717) is 5.56 Å². The molecule has 0 spiro atoms. The van der Waals surface area contributed by atoms with Gasteiger partial charge >= 0.3 is 0 Å². The summed E-state index contributed by atoms with van der Waals surface area (Å²) in [5, 5.41) is 5.55. The van der Waals surface area contributed by atoms with E-state index in [0.717, 1.165) is 16.8 Å². The van der Waals surface area contributed by atoms with Gasteiger partial charge in [0.15, 0.2) is 0 Å². The molecule has 2 N–H and O–H groups in total. The van der Waals surface area contributed by atoms with Crippen molar-refractivity contribution in [1.82, 2.24) is 5.32 Å². The van der Waals surface area contributed by atoms with E-state index in [1.54, 1.807) is 31.2 Å². The van der Waals surface area contributed by atoms with Crippen LogP contribution in [0.25, 0.3) is 0 Å². The molecule has 1 atom stereocenters. The van der Waals surface area contributed by atoms with Crippen molar-refractivity contribution in [2.45, 2.75) is 26.8 Å². The standard InChI is InChI=1S/C18H20N2O2/c1-12-8-7-11-16(13(12)2)20-17(21)14(3)19-18(22)15-9-5-4-6-10-15/h4-11,14H,1-3H3,(H,19,22)(H,20,21)/t14-/m1/s1. The lowest BCUT2D eigenvalue weighted by molar-refractivity contribution is -0.117. The van der Waals surface area contributed by atoms with Gasteiger partial charge in [-0.25, -0.2) is 0 Å². The SMILES string of the molecule is Cc1cccc(NC(=O)[C@@H](C)NC(=O)c2ccccc2)c1C. The van der Waals surface area contributed by atoms with Crippen molar-refractivity contribution in [2.75, 3.05) is 5.32 Å². The molecule has 2 amide bonds. The molecular weight excluding hydrogens is 276 g/mol. The second-order valence-corrected chi connectivity index (χ2v) is 5.30. The maximum absolute atomic E-state index is 12.2. The van der Waals surface area contributed by atoms with E-state index < -0.39 is 6.04 Å². The third-order valence-electron chi connectivity index (χ3n) is 3.64. The van der Waals surface area contributed by atoms with E-state index in [2.05, 4.69) is 10.6 Å². The second kappa shape index (κ2) is 6.89. The summed E-state index contributed by atoms with van der Waals surface area (Å²) >= 11 is 0. The molecule has 2 rings (SSSR count). The molecule has 2 aromatic carbocycles. The highest BCUT2D eigenvalue weighted by Gasteiger charge is 2.17. The Morgan fingerprint density at radius 2 is 1.64 bits per heavy atom. The van der Waals surface area contributed by atoms with E-state index in [-0.39, 0.29) is 11.8 Å². The maximum Gasteiger partial charge on any atom is 0.251 e. The minimum absolute atomic E-state index is 0.238. The zero-order chi connectivity index (χ0) is 16.1. The molecule has 0 aliphatic rings. The molecule has 4 nitrogen and oxygen atoms in total. The smallest absolute Gasteiger partial charge is 0.251 e. The molecule has 0 saturated heterocycles. The van der Waals surface area contributed by atoms with Crippen LogP contribution in [-0.2, 0) is 4.79 Å². The van der Waals surface area contributed by atoms with Crippen LogP contribution in [0.2, 0.25) is 0 Å². The summed E-state index contributed by atoms with van der Waals surface area (Å²) < 4.78 is 0. The molecule has 0 heterocycles. The first kappa shape index (κ1) is 15.8. The zero-order valence-corrected chi connectivity index (χ0v) is 13.0. The van der Waals surface area contributed by atoms with Gasteiger partial charge in [-0.15, -0.1) is 0 Å². The minimum Gasteiger partial charge on any atom is -0.341 e. The lowest BCUT2D eigenvalue weighted by Crippen LogP contribution is -2.41. The van der Waals surface area contributed by atoms with Gasteiger partial charge < -0.3 is 10.6 Å². The Morgan fingerprint density at radius 1 is 0.955 bits per heavy atom. The molecule has 0 aromatic heterocycles. The van der Waals surface area contributed by atoms with E-state index in [4.69, 9.17) is 0 Å². The normalized spacial score (nSPS) is 11.6. The molecule has 0 radical (unpaired) electrons. The summed E-state index contributed by atoms with van der Waals surface area (Å²) in [6.07, 6.45) is 0. The van der Waals surface area contributed by atoms with Crippen LogP contribution >= 0.6 is 0 Å². The number of hydrogen-bond acceptors (Lipinski definition) is 2. The average molecular weight is 296 g/mol. The summed E-state index contributed by atoms with van der Waals surface area (Å²) in [7, 11) is 0. The molecule has 22 heavy (non-hydrogen) atoms. The fraction of sp³-hybridized carbons (Fsp3) is 0.222. The van der Waals surface area contributed by atoms with Crippen molar-refractivity contribution >= 4 is 17.5 Å². The second-order valence-electron chi connectivity index (χ2n) is 5.30. The van der Waals surface area contributed by atoms with Crippen molar-refractivity contribution in [3.63, 3.8) is 0 Å². The van der Waals surface area contributed by atoms with Crippen molar-refractivity contribution in [2.24, 2.45) is 0 Å². The molecule has 0 saturated carbocycles. The van der Waals surface area contributed by atoms with Crippen molar-refractivity contribution in [3.8, 4) is 0 Å². The minimum atomic E-state index is -0.618. The fourth-order valence-corrected chi connectivity index (χ4v) is 2.06. The topological polar surface area (TPSA) is 58.2 Å². The molecule has 0 aliphatic carbocycles. The van der Waals surface area contributed by atoms with Crippen LogP contribution in [0.1, 0.15) is 28.4 Å². The highest BCUT2D eigenvalue weighted by atomic mass is 16.2. The number of carbonyl (C=O) groups is 2. The van der Waals surface area contributed by atoms with Crippen LogP contribution in [0.4, 0.5) is 5.69 Å². The molecule has 0 unspecified atom stereocenters. The lowest BCUT2D eigenvalue weighted by atomic mass is 10.1. The average Bonchev–Trinajstić information content (AvgIpc) is 2.52. The molecule has 2 aromatic rings. The van der Waals surface area contributed by atoms with Crippen LogP contribution in [-0.4, -0.2) is 17.9 Å². The number of carbonyl (C=O) groups excluding carboxylic acids is 2. The van der Waals surface area contributed by atoms with Crippen molar-refractivity contribution in [3.05, 3.63) is 65.2 Å². The number of amides is 2. The van der Waals surface area contributed by atoms with Crippen molar-refractivity contribution < 1.29 is 9.59 Å². The van der Waals surface area contributed by atoms with Gasteiger partial charge in [0.25, 0.3) is 5.91 Å². The zero-order valence-electron chi connectivity index (χ0n) is 13.0. The maximum atomic E-state index is 12.2. The third kappa shape index (κ3) is 3.73. The quantitative estimate of drug-likeness (QED) is 0.911. The molecular formula is C18H20N2O2. The van der Waals surface area contributed by atoms with E-state index in [1.807, 2.05) is 38.1 Å². The predicted octanol–water partition coefficient (Wildman–Crippen LogP) is 3.06. The number of benzene rings is 2. The molecule has 4 heteroatoms.